The van der Waals surface area contributed by atoms with Crippen LogP contribution in [0.4, 0.5) is 5.69 Å². The average molecular weight is 351 g/mol. The zero-order valence-electron chi connectivity index (χ0n) is 14.9. The summed E-state index contributed by atoms with van der Waals surface area (Å²) in [6.45, 7) is 4.61. The smallest absolute Gasteiger partial charge is 0.275 e. The minimum Gasteiger partial charge on any atom is -0.377 e. The van der Waals surface area contributed by atoms with Crippen LogP contribution in [0.15, 0.2) is 53.3 Å². The van der Waals surface area contributed by atoms with Crippen LogP contribution in [-0.2, 0) is 22.7 Å². The number of nitrogens with zero attached hydrogens (tertiary/aromatic N) is 2. The third kappa shape index (κ3) is 3.81. The second-order valence-corrected chi connectivity index (χ2v) is 5.94. The number of carbonyl (C=O) groups is 1. The van der Waals surface area contributed by atoms with Gasteiger partial charge in [0.05, 0.1) is 17.7 Å². The lowest BCUT2D eigenvalue weighted by atomic mass is 10.1. The number of anilines is 1. The number of aromatic nitrogens is 2. The summed E-state index contributed by atoms with van der Waals surface area (Å²) in [5.41, 5.74) is 2.00. The van der Waals surface area contributed by atoms with E-state index in [2.05, 4.69) is 10.4 Å². The van der Waals surface area contributed by atoms with Crippen molar-refractivity contribution in [3.63, 3.8) is 0 Å². The first-order chi connectivity index (χ1) is 12.6. The number of amides is 1. The third-order valence-corrected chi connectivity index (χ3v) is 4.10. The molecule has 134 valence electrons. The first-order valence-corrected chi connectivity index (χ1v) is 8.52. The summed E-state index contributed by atoms with van der Waals surface area (Å²) < 4.78 is 6.63. The molecule has 0 saturated heterocycles. The zero-order valence-corrected chi connectivity index (χ0v) is 14.9. The quantitative estimate of drug-likeness (QED) is 0.741. The van der Waals surface area contributed by atoms with Gasteiger partial charge in [-0.15, -0.1) is 0 Å². The van der Waals surface area contributed by atoms with Crippen molar-refractivity contribution in [1.82, 2.24) is 9.78 Å². The van der Waals surface area contributed by atoms with E-state index >= 15 is 0 Å². The Kier molecular flexibility index (Phi) is 5.43. The molecule has 2 aromatic carbocycles. The predicted octanol–water partition coefficient (Wildman–Crippen LogP) is 2.88. The SMILES string of the molecule is CCOCc1ccccc1NC(=O)Cn1nc(C)c2ccccc2c1=O. The standard InChI is InChI=1S/C20H21N3O3/c1-3-26-13-15-8-4-7-11-18(15)21-19(24)12-23-20(25)17-10-6-5-9-16(17)14(2)22-23/h4-11H,3,12-13H2,1-2H3,(H,21,24). The summed E-state index contributed by atoms with van der Waals surface area (Å²) in [6, 6.07) is 14.7. The van der Waals surface area contributed by atoms with Crippen LogP contribution in [0.3, 0.4) is 0 Å². The van der Waals surface area contributed by atoms with Crippen molar-refractivity contribution in [1.29, 1.82) is 0 Å². The molecule has 1 amide bonds. The summed E-state index contributed by atoms with van der Waals surface area (Å²) >= 11 is 0. The fourth-order valence-corrected chi connectivity index (χ4v) is 2.82. The maximum Gasteiger partial charge on any atom is 0.275 e. The van der Waals surface area contributed by atoms with Crippen LogP contribution < -0.4 is 10.9 Å². The second kappa shape index (κ2) is 7.93. The number of benzene rings is 2. The Labute approximate surface area is 151 Å². The number of para-hydroxylation sites is 1. The first kappa shape index (κ1) is 17.8. The normalized spacial score (nSPS) is 10.8. The van der Waals surface area contributed by atoms with Crippen molar-refractivity contribution in [3.05, 3.63) is 70.1 Å². The van der Waals surface area contributed by atoms with Gasteiger partial charge in [-0.2, -0.15) is 5.10 Å². The summed E-state index contributed by atoms with van der Waals surface area (Å²) in [5, 5.41) is 8.48. The van der Waals surface area contributed by atoms with Crippen LogP contribution in [0.25, 0.3) is 10.8 Å². The molecule has 1 N–H and O–H groups in total. The number of rotatable bonds is 6. The Bertz CT molecular complexity index is 995. The van der Waals surface area contributed by atoms with Crippen molar-refractivity contribution in [2.45, 2.75) is 27.0 Å². The number of nitrogens with one attached hydrogen (secondary N) is 1. The number of ether oxygens (including phenoxy) is 1. The fourth-order valence-electron chi connectivity index (χ4n) is 2.82. The number of hydrogen-bond acceptors (Lipinski definition) is 4. The lowest BCUT2D eigenvalue weighted by Gasteiger charge is -2.12. The minimum atomic E-state index is -0.307. The highest BCUT2D eigenvalue weighted by Crippen LogP contribution is 2.16. The van der Waals surface area contributed by atoms with Gasteiger partial charge in [-0.25, -0.2) is 4.68 Å². The van der Waals surface area contributed by atoms with Gasteiger partial charge in [-0.1, -0.05) is 36.4 Å². The molecule has 0 aliphatic heterocycles. The van der Waals surface area contributed by atoms with Crippen molar-refractivity contribution >= 4 is 22.4 Å². The molecule has 0 aliphatic rings. The Morgan fingerprint density at radius 3 is 2.58 bits per heavy atom. The van der Waals surface area contributed by atoms with Crippen LogP contribution in [0.1, 0.15) is 18.2 Å². The van der Waals surface area contributed by atoms with Crippen molar-refractivity contribution in [2.75, 3.05) is 11.9 Å². The van der Waals surface area contributed by atoms with E-state index < -0.39 is 0 Å². The van der Waals surface area contributed by atoms with Crippen LogP contribution in [0.5, 0.6) is 0 Å². The van der Waals surface area contributed by atoms with E-state index in [1.165, 1.54) is 4.68 Å². The molecule has 0 aliphatic carbocycles. The molecule has 0 bridgehead atoms. The lowest BCUT2D eigenvalue weighted by molar-refractivity contribution is -0.117. The average Bonchev–Trinajstić information content (AvgIpc) is 2.65. The predicted molar refractivity (Wildman–Crippen MR) is 101 cm³/mol. The summed E-state index contributed by atoms with van der Waals surface area (Å²) in [6.07, 6.45) is 0. The molecule has 3 rings (SSSR count). The highest BCUT2D eigenvalue weighted by molar-refractivity contribution is 5.91. The summed E-state index contributed by atoms with van der Waals surface area (Å²) in [7, 11) is 0. The summed E-state index contributed by atoms with van der Waals surface area (Å²) in [4.78, 5) is 25.0. The zero-order chi connectivity index (χ0) is 18.5. The van der Waals surface area contributed by atoms with E-state index in [9.17, 15) is 9.59 Å². The molecule has 0 fully saturated rings. The molecule has 6 nitrogen and oxygen atoms in total. The van der Waals surface area contributed by atoms with Crippen molar-refractivity contribution in [2.24, 2.45) is 0 Å². The number of fused-ring (bicyclic) bond motifs is 1. The molecule has 0 saturated carbocycles. The maximum atomic E-state index is 12.6. The van der Waals surface area contributed by atoms with E-state index in [4.69, 9.17) is 4.74 Å². The second-order valence-electron chi connectivity index (χ2n) is 5.94. The van der Waals surface area contributed by atoms with Gasteiger partial charge in [-0.05, 0) is 26.0 Å². The van der Waals surface area contributed by atoms with Crippen molar-refractivity contribution < 1.29 is 9.53 Å². The number of hydrogen-bond donors (Lipinski definition) is 1. The molecule has 0 spiro atoms. The van der Waals surface area contributed by atoms with Crippen LogP contribution in [-0.4, -0.2) is 22.3 Å². The van der Waals surface area contributed by atoms with E-state index in [1.54, 1.807) is 12.1 Å². The van der Waals surface area contributed by atoms with E-state index in [1.807, 2.05) is 50.2 Å². The molecule has 0 unspecified atom stereocenters. The van der Waals surface area contributed by atoms with Crippen LogP contribution in [0.2, 0.25) is 0 Å². The Morgan fingerprint density at radius 2 is 1.81 bits per heavy atom. The van der Waals surface area contributed by atoms with Gasteiger partial charge in [0.25, 0.3) is 5.56 Å². The third-order valence-electron chi connectivity index (χ3n) is 4.10. The van der Waals surface area contributed by atoms with E-state index in [-0.39, 0.29) is 18.0 Å². The molecule has 1 heterocycles. The topological polar surface area (TPSA) is 73.2 Å². The fraction of sp³-hybridized carbons (Fsp3) is 0.250. The van der Waals surface area contributed by atoms with E-state index in [0.29, 0.717) is 30.0 Å². The molecular weight excluding hydrogens is 330 g/mol. The van der Waals surface area contributed by atoms with Gasteiger partial charge in [-0.3, -0.25) is 9.59 Å². The first-order valence-electron chi connectivity index (χ1n) is 8.52. The van der Waals surface area contributed by atoms with Gasteiger partial charge in [0.1, 0.15) is 6.54 Å². The molecular formula is C20H21N3O3. The van der Waals surface area contributed by atoms with Crippen LogP contribution in [0, 0.1) is 6.92 Å². The lowest BCUT2D eigenvalue weighted by Crippen LogP contribution is -2.30. The van der Waals surface area contributed by atoms with Gasteiger partial charge in [0, 0.05) is 23.2 Å². The highest BCUT2D eigenvalue weighted by atomic mass is 16.5. The molecule has 26 heavy (non-hydrogen) atoms. The molecule has 3 aromatic rings. The van der Waals surface area contributed by atoms with Gasteiger partial charge < -0.3 is 10.1 Å². The van der Waals surface area contributed by atoms with E-state index in [0.717, 1.165) is 10.9 Å². The Morgan fingerprint density at radius 1 is 1.12 bits per heavy atom. The van der Waals surface area contributed by atoms with Crippen LogP contribution >= 0.6 is 0 Å². The largest absolute Gasteiger partial charge is 0.377 e. The molecule has 1 aromatic heterocycles. The number of carbonyl (C=O) groups excluding carboxylic acids is 1. The highest BCUT2D eigenvalue weighted by Gasteiger charge is 2.12. The summed E-state index contributed by atoms with van der Waals surface area (Å²) in [5.74, 6) is -0.307. The molecule has 0 atom stereocenters. The Hall–Kier alpha value is -2.99. The minimum absolute atomic E-state index is 0.145. The van der Waals surface area contributed by atoms with Gasteiger partial charge >= 0.3 is 0 Å². The Balaban J connectivity index is 1.82. The van der Waals surface area contributed by atoms with Gasteiger partial charge in [0.15, 0.2) is 0 Å². The monoisotopic (exact) mass is 351 g/mol. The van der Waals surface area contributed by atoms with Gasteiger partial charge in [0.2, 0.25) is 5.91 Å². The maximum absolute atomic E-state index is 12.6. The van der Waals surface area contributed by atoms with Crippen molar-refractivity contribution in [3.8, 4) is 0 Å². The molecule has 0 radical (unpaired) electrons. The molecule has 6 heteroatoms. The number of aryl methyl sites for hydroxylation is 1.